The zero-order valence-corrected chi connectivity index (χ0v) is 11.0. The molecule has 0 aliphatic heterocycles. The molecule has 0 spiro atoms. The van der Waals surface area contributed by atoms with Crippen LogP contribution in [0, 0.1) is 0 Å². The molecule has 1 unspecified atom stereocenters. The van der Waals surface area contributed by atoms with Gasteiger partial charge in [0.25, 0.3) is 0 Å². The van der Waals surface area contributed by atoms with Crippen LogP contribution in [-0.2, 0) is 17.8 Å². The van der Waals surface area contributed by atoms with Gasteiger partial charge in [-0.3, -0.25) is 0 Å². The van der Waals surface area contributed by atoms with Crippen molar-refractivity contribution in [1.82, 2.24) is 0 Å². The van der Waals surface area contributed by atoms with Gasteiger partial charge < -0.3 is 14.9 Å². The van der Waals surface area contributed by atoms with Crippen LogP contribution in [0.15, 0.2) is 40.8 Å². The molecule has 0 saturated carbocycles. The summed E-state index contributed by atoms with van der Waals surface area (Å²) in [6.45, 7) is 0.457. The molecule has 0 fully saturated rings. The monoisotopic (exact) mass is 265 g/mol. The van der Waals surface area contributed by atoms with Crippen molar-refractivity contribution in [3.63, 3.8) is 0 Å². The van der Waals surface area contributed by atoms with Crippen LogP contribution in [0.3, 0.4) is 0 Å². The molecule has 2 N–H and O–H groups in total. The average Bonchev–Trinajstić information content (AvgIpc) is 2.81. The van der Waals surface area contributed by atoms with E-state index in [1.807, 2.05) is 36.4 Å². The molecule has 1 aromatic carbocycles. The van der Waals surface area contributed by atoms with Gasteiger partial charge in [-0.2, -0.15) is 0 Å². The Morgan fingerprint density at radius 3 is 2.78 bits per heavy atom. The first-order valence-corrected chi connectivity index (χ1v) is 6.15. The molecule has 0 saturated heterocycles. The Balaban J connectivity index is 2.07. The molecular formula is C14H16ClNO2. The summed E-state index contributed by atoms with van der Waals surface area (Å²) in [5.41, 5.74) is 7.14. The van der Waals surface area contributed by atoms with Crippen molar-refractivity contribution in [3.05, 3.63) is 58.5 Å². The third kappa shape index (κ3) is 3.13. The minimum absolute atomic E-state index is 0.199. The maximum atomic E-state index is 6.11. The minimum Gasteiger partial charge on any atom is -0.462 e. The number of hydrogen-bond donors (Lipinski definition) is 1. The molecule has 2 aromatic rings. The van der Waals surface area contributed by atoms with Crippen LogP contribution in [0.4, 0.5) is 0 Å². The Labute approximate surface area is 111 Å². The highest BCUT2D eigenvalue weighted by Gasteiger charge is 2.13. The normalized spacial score (nSPS) is 12.6. The van der Waals surface area contributed by atoms with E-state index in [0.717, 1.165) is 22.1 Å². The Morgan fingerprint density at radius 1 is 1.28 bits per heavy atom. The molecule has 1 heterocycles. The molecule has 0 amide bonds. The Kier molecular flexibility index (Phi) is 4.42. The minimum atomic E-state index is -0.199. The van der Waals surface area contributed by atoms with Crippen LogP contribution in [-0.4, -0.2) is 7.11 Å². The number of hydrogen-bond acceptors (Lipinski definition) is 3. The maximum absolute atomic E-state index is 6.11. The fourth-order valence-electron chi connectivity index (χ4n) is 1.82. The Bertz CT molecular complexity index is 510. The number of benzene rings is 1. The highest BCUT2D eigenvalue weighted by molar-refractivity contribution is 6.31. The van der Waals surface area contributed by atoms with Crippen molar-refractivity contribution in [2.75, 3.05) is 7.11 Å². The number of methoxy groups -OCH3 is 1. The van der Waals surface area contributed by atoms with Gasteiger partial charge in [-0.15, -0.1) is 0 Å². The number of halogens is 1. The third-order valence-corrected chi connectivity index (χ3v) is 3.10. The summed E-state index contributed by atoms with van der Waals surface area (Å²) < 4.78 is 10.6. The predicted octanol–water partition coefficient (Wildman–Crippen LogP) is 3.32. The summed E-state index contributed by atoms with van der Waals surface area (Å²) in [6.07, 6.45) is 0.652. The van der Waals surface area contributed by atoms with Crippen LogP contribution in [0.2, 0.25) is 5.02 Å². The molecule has 1 aromatic heterocycles. The van der Waals surface area contributed by atoms with E-state index in [1.165, 1.54) is 0 Å². The van der Waals surface area contributed by atoms with E-state index < -0.39 is 0 Å². The Morgan fingerprint density at radius 2 is 2.06 bits per heavy atom. The van der Waals surface area contributed by atoms with Crippen LogP contribution in [0.1, 0.15) is 23.1 Å². The lowest BCUT2D eigenvalue weighted by molar-refractivity contribution is 0.162. The second-order valence-corrected chi connectivity index (χ2v) is 4.55. The summed E-state index contributed by atoms with van der Waals surface area (Å²) in [5, 5.41) is 0.733. The smallest absolute Gasteiger partial charge is 0.129 e. The van der Waals surface area contributed by atoms with Crippen LogP contribution >= 0.6 is 11.6 Å². The SMILES string of the molecule is COCc1ccc(C(N)Cc2ccccc2Cl)o1. The fraction of sp³-hybridized carbons (Fsp3) is 0.286. The van der Waals surface area contributed by atoms with Crippen LogP contribution < -0.4 is 5.73 Å². The molecule has 0 radical (unpaired) electrons. The molecular weight excluding hydrogens is 250 g/mol. The Hall–Kier alpha value is -1.29. The summed E-state index contributed by atoms with van der Waals surface area (Å²) in [7, 11) is 1.63. The lowest BCUT2D eigenvalue weighted by atomic mass is 10.0. The quantitative estimate of drug-likeness (QED) is 0.902. The van der Waals surface area contributed by atoms with Crippen LogP contribution in [0.5, 0.6) is 0 Å². The molecule has 2 rings (SSSR count). The molecule has 0 aliphatic rings. The largest absolute Gasteiger partial charge is 0.462 e. The van der Waals surface area contributed by atoms with Gasteiger partial charge in [0.15, 0.2) is 0 Å². The van der Waals surface area contributed by atoms with E-state index in [2.05, 4.69) is 0 Å². The molecule has 4 heteroatoms. The molecule has 96 valence electrons. The topological polar surface area (TPSA) is 48.4 Å². The first-order chi connectivity index (χ1) is 8.70. The molecule has 0 bridgehead atoms. The van der Waals surface area contributed by atoms with Gasteiger partial charge in [0.05, 0.1) is 6.04 Å². The summed E-state index contributed by atoms with van der Waals surface area (Å²) in [5.74, 6) is 1.53. The van der Waals surface area contributed by atoms with Crippen molar-refractivity contribution < 1.29 is 9.15 Å². The number of ether oxygens (including phenoxy) is 1. The van der Waals surface area contributed by atoms with Crippen molar-refractivity contribution in [2.45, 2.75) is 19.1 Å². The second-order valence-electron chi connectivity index (χ2n) is 4.14. The van der Waals surface area contributed by atoms with Gasteiger partial charge in [0.1, 0.15) is 18.1 Å². The number of furan rings is 1. The molecule has 1 atom stereocenters. The summed E-state index contributed by atoms with van der Waals surface area (Å²) in [4.78, 5) is 0. The summed E-state index contributed by atoms with van der Waals surface area (Å²) in [6, 6.07) is 11.3. The number of rotatable bonds is 5. The first kappa shape index (κ1) is 13.1. The lowest BCUT2D eigenvalue weighted by Crippen LogP contribution is -2.12. The fourth-order valence-corrected chi connectivity index (χ4v) is 2.03. The predicted molar refractivity (Wildman–Crippen MR) is 71.5 cm³/mol. The zero-order valence-electron chi connectivity index (χ0n) is 10.2. The highest BCUT2D eigenvalue weighted by Crippen LogP contribution is 2.23. The third-order valence-electron chi connectivity index (χ3n) is 2.73. The van der Waals surface area contributed by atoms with Crippen molar-refractivity contribution in [2.24, 2.45) is 5.73 Å². The van der Waals surface area contributed by atoms with E-state index in [-0.39, 0.29) is 6.04 Å². The van der Waals surface area contributed by atoms with Crippen molar-refractivity contribution in [1.29, 1.82) is 0 Å². The van der Waals surface area contributed by atoms with E-state index in [9.17, 15) is 0 Å². The van der Waals surface area contributed by atoms with Gasteiger partial charge in [0, 0.05) is 12.1 Å². The van der Waals surface area contributed by atoms with E-state index in [1.54, 1.807) is 7.11 Å². The van der Waals surface area contributed by atoms with E-state index >= 15 is 0 Å². The van der Waals surface area contributed by atoms with Crippen molar-refractivity contribution in [3.8, 4) is 0 Å². The van der Waals surface area contributed by atoms with Gasteiger partial charge in [-0.1, -0.05) is 29.8 Å². The van der Waals surface area contributed by atoms with E-state index in [0.29, 0.717) is 13.0 Å². The van der Waals surface area contributed by atoms with Gasteiger partial charge in [-0.25, -0.2) is 0 Å². The molecule has 0 aliphatic carbocycles. The van der Waals surface area contributed by atoms with Gasteiger partial charge >= 0.3 is 0 Å². The lowest BCUT2D eigenvalue weighted by Gasteiger charge is -2.10. The average molecular weight is 266 g/mol. The van der Waals surface area contributed by atoms with Gasteiger partial charge in [-0.05, 0) is 30.2 Å². The van der Waals surface area contributed by atoms with E-state index in [4.69, 9.17) is 26.5 Å². The van der Waals surface area contributed by atoms with Crippen molar-refractivity contribution >= 4 is 11.6 Å². The van der Waals surface area contributed by atoms with Crippen LogP contribution in [0.25, 0.3) is 0 Å². The second kappa shape index (κ2) is 6.05. The highest BCUT2D eigenvalue weighted by atomic mass is 35.5. The molecule has 18 heavy (non-hydrogen) atoms. The summed E-state index contributed by atoms with van der Waals surface area (Å²) >= 11 is 6.10. The zero-order chi connectivity index (χ0) is 13.0. The maximum Gasteiger partial charge on any atom is 0.129 e. The first-order valence-electron chi connectivity index (χ1n) is 5.77. The number of nitrogens with two attached hydrogens (primary N) is 1. The van der Waals surface area contributed by atoms with Gasteiger partial charge in [0.2, 0.25) is 0 Å². The molecule has 3 nitrogen and oxygen atoms in total. The standard InChI is InChI=1S/C14H16ClNO2/c1-17-9-11-6-7-14(18-11)13(16)8-10-4-2-3-5-12(10)15/h2-7,13H,8-9,16H2,1H3.